The molecule has 5 nitrogen and oxygen atoms in total. The van der Waals surface area contributed by atoms with Crippen LogP contribution in [-0.2, 0) is 22.2 Å². The van der Waals surface area contributed by atoms with Crippen LogP contribution in [0.2, 0.25) is 0 Å². The molecule has 18 heavy (non-hydrogen) atoms. The first-order chi connectivity index (χ1) is 7.72. The molecule has 1 amide bonds. The molecule has 0 radical (unpaired) electrons. The van der Waals surface area contributed by atoms with Crippen molar-refractivity contribution in [2.24, 2.45) is 0 Å². The summed E-state index contributed by atoms with van der Waals surface area (Å²) in [6.07, 6.45) is 0.917. The number of rotatable bonds is 2. The van der Waals surface area contributed by atoms with Crippen LogP contribution in [0.25, 0.3) is 0 Å². The Morgan fingerprint density at radius 2 is 2.00 bits per heavy atom. The molecule has 98 valence electrons. The Hall–Kier alpha value is 0.726. The standard InChI is InChI=1S/C11H19NO4S.K/c1-11(2,3)16-10(15)12-6-4-5-7(12)8(17)9(13)14;/h7-8,17H,4-6H2,1-3H3,(H,13,14);/q;+1/p-1/t7?,8-;/m1./s1. The third-order valence-corrected chi connectivity index (χ3v) is 3.04. The van der Waals surface area contributed by atoms with E-state index in [1.54, 1.807) is 20.8 Å². The third-order valence-electron chi connectivity index (χ3n) is 2.52. The summed E-state index contributed by atoms with van der Waals surface area (Å²) in [5.74, 6) is -1.06. The first kappa shape index (κ1) is 18.7. The van der Waals surface area contributed by atoms with Gasteiger partial charge in [0.1, 0.15) is 5.60 Å². The number of hydrogen-bond acceptors (Lipinski definition) is 4. The number of amides is 1. The maximum Gasteiger partial charge on any atom is 1.00 e. The van der Waals surface area contributed by atoms with E-state index in [1.807, 2.05) is 0 Å². The number of carbonyl (C=O) groups excluding carboxylic acids is 1. The molecule has 0 bridgehead atoms. The predicted molar refractivity (Wildman–Crippen MR) is 64.8 cm³/mol. The van der Waals surface area contributed by atoms with Gasteiger partial charge in [0.25, 0.3) is 5.97 Å². The summed E-state index contributed by atoms with van der Waals surface area (Å²) in [5.41, 5.74) is -0.579. The first-order valence-corrected chi connectivity index (χ1v) is 6.08. The molecule has 1 saturated heterocycles. The summed E-state index contributed by atoms with van der Waals surface area (Å²) in [6, 6.07) is -0.433. The maximum atomic E-state index is 11.9. The molecule has 1 heterocycles. The zero-order valence-corrected chi connectivity index (χ0v) is 15.2. The predicted octanol–water partition coefficient (Wildman–Crippen LogP) is -1.61. The van der Waals surface area contributed by atoms with Crippen molar-refractivity contribution in [1.82, 2.24) is 4.90 Å². The minimum atomic E-state index is -1.06. The van der Waals surface area contributed by atoms with Crippen molar-refractivity contribution in [2.75, 3.05) is 6.54 Å². The van der Waals surface area contributed by atoms with Crippen molar-refractivity contribution in [2.45, 2.75) is 50.5 Å². The van der Waals surface area contributed by atoms with Crippen LogP contribution in [0.3, 0.4) is 0 Å². The van der Waals surface area contributed by atoms with Crippen molar-refractivity contribution in [3.05, 3.63) is 0 Å². The zero-order chi connectivity index (χ0) is 13.2. The number of ether oxygens (including phenoxy) is 1. The molecule has 1 rings (SSSR count). The van der Waals surface area contributed by atoms with Crippen LogP contribution < -0.4 is 51.4 Å². The Bertz CT molecular complexity index is 319. The summed E-state index contributed by atoms with van der Waals surface area (Å²) in [5, 5.41) is 7.92. The fraction of sp³-hybridized carbons (Fsp3) is 0.818. The SMILES string of the molecule is CC(C)(C)OC(=O)N1CCCC1[C@@H]([S-])C(=O)O.[K+]. The van der Waals surface area contributed by atoms with E-state index in [4.69, 9.17) is 22.5 Å². The molecule has 1 aliphatic rings. The van der Waals surface area contributed by atoms with Gasteiger partial charge in [-0.15, -0.1) is 0 Å². The average molecular weight is 299 g/mol. The smallest absolute Gasteiger partial charge is 0.776 e. The van der Waals surface area contributed by atoms with Gasteiger partial charge < -0.3 is 27.4 Å². The summed E-state index contributed by atoms with van der Waals surface area (Å²) >= 11 is 4.91. The van der Waals surface area contributed by atoms with Crippen LogP contribution in [0.15, 0.2) is 0 Å². The average Bonchev–Trinajstić information content (AvgIpc) is 2.61. The van der Waals surface area contributed by atoms with E-state index in [2.05, 4.69) is 0 Å². The molecular weight excluding hydrogens is 281 g/mol. The Morgan fingerprint density at radius 3 is 2.44 bits per heavy atom. The normalized spacial score (nSPS) is 21.1. The Labute approximate surface area is 155 Å². The number of nitrogens with zero attached hydrogens (tertiary/aromatic N) is 1. The first-order valence-electron chi connectivity index (χ1n) is 5.60. The van der Waals surface area contributed by atoms with Gasteiger partial charge in [0.05, 0.1) is 0 Å². The fourth-order valence-electron chi connectivity index (χ4n) is 1.82. The number of carbonyl (C=O) groups is 2. The molecule has 1 unspecified atom stereocenters. The van der Waals surface area contributed by atoms with Crippen LogP contribution in [0.4, 0.5) is 4.79 Å². The van der Waals surface area contributed by atoms with Gasteiger partial charge in [0, 0.05) is 12.6 Å². The van der Waals surface area contributed by atoms with Gasteiger partial charge in [-0.2, -0.15) is 0 Å². The van der Waals surface area contributed by atoms with Crippen molar-refractivity contribution in [3.8, 4) is 0 Å². The van der Waals surface area contributed by atoms with Crippen LogP contribution in [0, 0.1) is 0 Å². The number of carboxylic acids is 1. The number of aliphatic carboxylic acids is 1. The van der Waals surface area contributed by atoms with Gasteiger partial charge in [-0.1, -0.05) is 0 Å². The van der Waals surface area contributed by atoms with E-state index in [0.29, 0.717) is 13.0 Å². The molecule has 0 spiro atoms. The van der Waals surface area contributed by atoms with Crippen molar-refractivity contribution >= 4 is 24.7 Å². The van der Waals surface area contributed by atoms with E-state index in [1.165, 1.54) is 4.90 Å². The molecule has 2 atom stereocenters. The Kier molecular flexibility index (Phi) is 7.80. The molecule has 1 fully saturated rings. The largest absolute Gasteiger partial charge is 1.00 e. The van der Waals surface area contributed by atoms with Gasteiger partial charge in [0.2, 0.25) is 0 Å². The monoisotopic (exact) mass is 299 g/mol. The van der Waals surface area contributed by atoms with Crippen LogP contribution in [0.5, 0.6) is 0 Å². The zero-order valence-electron chi connectivity index (χ0n) is 11.3. The van der Waals surface area contributed by atoms with Gasteiger partial charge >= 0.3 is 57.5 Å². The van der Waals surface area contributed by atoms with Gasteiger partial charge in [-0.05, 0) is 38.9 Å². The van der Waals surface area contributed by atoms with Crippen molar-refractivity contribution in [3.63, 3.8) is 0 Å². The molecule has 1 N–H and O–H groups in total. The van der Waals surface area contributed by atoms with Gasteiger partial charge in [-0.25, -0.2) is 4.79 Å². The molecule has 0 saturated carbocycles. The number of carboxylic acid groups (broad SMARTS) is 1. The summed E-state index contributed by atoms with van der Waals surface area (Å²) in [4.78, 5) is 24.2. The van der Waals surface area contributed by atoms with Crippen molar-refractivity contribution in [1.29, 1.82) is 0 Å². The van der Waals surface area contributed by atoms with E-state index < -0.39 is 29.0 Å². The van der Waals surface area contributed by atoms with Gasteiger partial charge in [0.15, 0.2) is 0 Å². The molecule has 0 aromatic rings. The van der Waals surface area contributed by atoms with Crippen LogP contribution in [-0.4, -0.2) is 45.5 Å². The number of likely N-dealkylation sites (tertiary alicyclic amines) is 1. The Morgan fingerprint density at radius 1 is 1.44 bits per heavy atom. The molecule has 1 aliphatic heterocycles. The van der Waals surface area contributed by atoms with Crippen LogP contribution in [0.1, 0.15) is 33.6 Å². The third kappa shape index (κ3) is 5.38. The van der Waals surface area contributed by atoms with Crippen molar-refractivity contribution < 1.29 is 70.8 Å². The molecular formula is C11H18KNO4S. The van der Waals surface area contributed by atoms with E-state index in [0.717, 1.165) is 6.42 Å². The Balaban J connectivity index is 0.00000289. The summed E-state index contributed by atoms with van der Waals surface area (Å²) in [6.45, 7) is 5.84. The summed E-state index contributed by atoms with van der Waals surface area (Å²) < 4.78 is 5.23. The molecule has 0 aromatic carbocycles. The minimum absolute atomic E-state index is 0. The van der Waals surface area contributed by atoms with Crippen LogP contribution >= 0.6 is 0 Å². The van der Waals surface area contributed by atoms with E-state index in [-0.39, 0.29) is 51.4 Å². The number of hydrogen-bond donors (Lipinski definition) is 1. The second-order valence-corrected chi connectivity index (χ2v) is 5.65. The summed E-state index contributed by atoms with van der Waals surface area (Å²) in [7, 11) is 0. The molecule has 0 aliphatic carbocycles. The maximum absolute atomic E-state index is 11.9. The quantitative estimate of drug-likeness (QED) is 0.491. The van der Waals surface area contributed by atoms with E-state index >= 15 is 0 Å². The molecule has 0 aromatic heterocycles. The molecule has 7 heteroatoms. The van der Waals surface area contributed by atoms with Gasteiger partial charge in [-0.3, -0.25) is 4.79 Å². The topological polar surface area (TPSA) is 66.8 Å². The minimum Gasteiger partial charge on any atom is -0.776 e. The second-order valence-electron chi connectivity index (χ2n) is 5.14. The second kappa shape index (κ2) is 7.49. The fourth-order valence-corrected chi connectivity index (χ4v) is 2.10. The van der Waals surface area contributed by atoms with E-state index in [9.17, 15) is 9.59 Å².